The molecule has 26 heavy (non-hydrogen) atoms. The van der Waals surface area contributed by atoms with E-state index in [1.165, 1.54) is 19.2 Å². The first-order valence-electron chi connectivity index (χ1n) is 8.31. The van der Waals surface area contributed by atoms with E-state index in [9.17, 15) is 9.18 Å². The molecule has 1 saturated heterocycles. The topological polar surface area (TPSA) is 50.8 Å². The van der Waals surface area contributed by atoms with Gasteiger partial charge in [0.05, 0.1) is 38.1 Å². The van der Waals surface area contributed by atoms with Crippen LogP contribution in [-0.4, -0.2) is 39.3 Å². The third-order valence-electron chi connectivity index (χ3n) is 4.17. The number of rotatable bonds is 5. The Morgan fingerprint density at radius 3 is 2.73 bits per heavy atom. The van der Waals surface area contributed by atoms with Crippen molar-refractivity contribution >= 4 is 28.9 Å². The number of morpholine rings is 1. The summed E-state index contributed by atoms with van der Waals surface area (Å²) in [5.74, 6) is -0.584. The first-order chi connectivity index (χ1) is 12.6. The molecular weight excluding hydrogens is 359 g/mol. The zero-order valence-electron chi connectivity index (χ0n) is 14.4. The van der Waals surface area contributed by atoms with E-state index in [-0.39, 0.29) is 18.1 Å². The fraction of sp³-hybridized carbons (Fsp3) is 0.316. The lowest BCUT2D eigenvalue weighted by Gasteiger charge is -2.30. The van der Waals surface area contributed by atoms with Crippen LogP contribution in [0.2, 0.25) is 5.02 Å². The third kappa shape index (κ3) is 4.45. The SMILES string of the molecule is COc1ccc(CC(=O)Nc2cc(Cl)ccc2N2CCOCC2)cc1F. The maximum Gasteiger partial charge on any atom is 0.228 e. The van der Waals surface area contributed by atoms with E-state index >= 15 is 0 Å². The molecule has 7 heteroatoms. The van der Waals surface area contributed by atoms with Crippen molar-refractivity contribution in [3.63, 3.8) is 0 Å². The highest BCUT2D eigenvalue weighted by Crippen LogP contribution is 2.30. The normalized spacial score (nSPS) is 14.2. The number of nitrogens with zero attached hydrogens (tertiary/aromatic N) is 1. The van der Waals surface area contributed by atoms with E-state index in [2.05, 4.69) is 10.2 Å². The van der Waals surface area contributed by atoms with Crippen molar-refractivity contribution in [2.45, 2.75) is 6.42 Å². The molecule has 1 aliphatic rings. The lowest BCUT2D eigenvalue weighted by molar-refractivity contribution is -0.115. The Morgan fingerprint density at radius 1 is 1.27 bits per heavy atom. The van der Waals surface area contributed by atoms with E-state index in [4.69, 9.17) is 21.1 Å². The molecule has 3 rings (SSSR count). The number of halogens is 2. The molecule has 5 nitrogen and oxygen atoms in total. The fourth-order valence-corrected chi connectivity index (χ4v) is 3.06. The molecule has 0 aromatic heterocycles. The zero-order valence-corrected chi connectivity index (χ0v) is 15.2. The molecule has 0 atom stereocenters. The zero-order chi connectivity index (χ0) is 18.5. The van der Waals surface area contributed by atoms with Crippen molar-refractivity contribution in [2.24, 2.45) is 0 Å². The second kappa shape index (κ2) is 8.38. The van der Waals surface area contributed by atoms with E-state index in [1.54, 1.807) is 18.2 Å². The summed E-state index contributed by atoms with van der Waals surface area (Å²) in [5, 5.41) is 3.42. The summed E-state index contributed by atoms with van der Waals surface area (Å²) in [6.07, 6.45) is 0.0516. The van der Waals surface area contributed by atoms with Crippen molar-refractivity contribution < 1.29 is 18.7 Å². The summed E-state index contributed by atoms with van der Waals surface area (Å²) < 4.78 is 24.1. The number of benzene rings is 2. The number of amides is 1. The van der Waals surface area contributed by atoms with Gasteiger partial charge in [0.2, 0.25) is 5.91 Å². The number of ether oxygens (including phenoxy) is 2. The second-order valence-corrected chi connectivity index (χ2v) is 6.39. The lowest BCUT2D eigenvalue weighted by Crippen LogP contribution is -2.36. The van der Waals surface area contributed by atoms with E-state index in [0.29, 0.717) is 29.5 Å². The average molecular weight is 379 g/mol. The fourth-order valence-electron chi connectivity index (χ4n) is 2.89. The summed E-state index contributed by atoms with van der Waals surface area (Å²) in [7, 11) is 1.40. The summed E-state index contributed by atoms with van der Waals surface area (Å²) >= 11 is 6.10. The Balaban J connectivity index is 1.74. The van der Waals surface area contributed by atoms with E-state index < -0.39 is 5.82 Å². The van der Waals surface area contributed by atoms with Crippen LogP contribution in [0.25, 0.3) is 0 Å². The minimum Gasteiger partial charge on any atom is -0.494 e. The van der Waals surface area contributed by atoms with Gasteiger partial charge in [0.15, 0.2) is 11.6 Å². The maximum atomic E-state index is 13.8. The molecule has 2 aromatic carbocycles. The Bertz CT molecular complexity index is 794. The van der Waals surface area contributed by atoms with Crippen molar-refractivity contribution in [2.75, 3.05) is 43.6 Å². The molecule has 1 amide bonds. The van der Waals surface area contributed by atoms with Gasteiger partial charge in [-0.1, -0.05) is 17.7 Å². The summed E-state index contributed by atoms with van der Waals surface area (Å²) in [6.45, 7) is 2.77. The Hall–Kier alpha value is -2.31. The van der Waals surface area contributed by atoms with Crippen molar-refractivity contribution in [1.82, 2.24) is 0 Å². The van der Waals surface area contributed by atoms with Crippen LogP contribution >= 0.6 is 11.6 Å². The van der Waals surface area contributed by atoms with Crippen LogP contribution in [0.3, 0.4) is 0 Å². The highest BCUT2D eigenvalue weighted by Gasteiger charge is 2.17. The number of hydrogen-bond acceptors (Lipinski definition) is 4. The molecule has 0 saturated carbocycles. The third-order valence-corrected chi connectivity index (χ3v) is 4.40. The molecule has 138 valence electrons. The Morgan fingerprint density at radius 2 is 2.04 bits per heavy atom. The first kappa shape index (κ1) is 18.5. The van der Waals surface area contributed by atoms with Crippen LogP contribution in [0.5, 0.6) is 5.75 Å². The molecular formula is C19H20ClFN2O3. The van der Waals surface area contributed by atoms with Crippen LogP contribution in [0.15, 0.2) is 36.4 Å². The largest absolute Gasteiger partial charge is 0.494 e. The van der Waals surface area contributed by atoms with Gasteiger partial charge in [0.25, 0.3) is 0 Å². The molecule has 0 radical (unpaired) electrons. The van der Waals surface area contributed by atoms with Gasteiger partial charge in [-0.25, -0.2) is 4.39 Å². The van der Waals surface area contributed by atoms with Gasteiger partial charge in [-0.2, -0.15) is 0 Å². The van der Waals surface area contributed by atoms with Gasteiger partial charge < -0.3 is 19.7 Å². The summed E-state index contributed by atoms with van der Waals surface area (Å²) in [4.78, 5) is 14.6. The maximum absolute atomic E-state index is 13.8. The molecule has 0 aliphatic carbocycles. The van der Waals surface area contributed by atoms with Gasteiger partial charge in [0, 0.05) is 18.1 Å². The smallest absolute Gasteiger partial charge is 0.228 e. The molecule has 1 N–H and O–H groups in total. The molecule has 1 heterocycles. The highest BCUT2D eigenvalue weighted by atomic mass is 35.5. The second-order valence-electron chi connectivity index (χ2n) is 5.95. The summed E-state index contributed by atoms with van der Waals surface area (Å²) in [5.41, 5.74) is 2.10. The van der Waals surface area contributed by atoms with Gasteiger partial charge in [-0.3, -0.25) is 4.79 Å². The quantitative estimate of drug-likeness (QED) is 0.865. The van der Waals surface area contributed by atoms with Crippen LogP contribution in [-0.2, 0) is 16.0 Å². The van der Waals surface area contributed by atoms with Crippen molar-refractivity contribution in [3.05, 3.63) is 52.8 Å². The van der Waals surface area contributed by atoms with Crippen LogP contribution in [0.4, 0.5) is 15.8 Å². The molecule has 2 aromatic rings. The number of carbonyl (C=O) groups is 1. The number of anilines is 2. The van der Waals surface area contributed by atoms with Crippen LogP contribution < -0.4 is 15.0 Å². The Labute approximate surface area is 156 Å². The van der Waals surface area contributed by atoms with E-state index in [1.807, 2.05) is 6.07 Å². The van der Waals surface area contributed by atoms with Gasteiger partial charge >= 0.3 is 0 Å². The monoisotopic (exact) mass is 378 g/mol. The first-order valence-corrected chi connectivity index (χ1v) is 8.69. The number of methoxy groups -OCH3 is 1. The molecule has 0 spiro atoms. The minimum absolute atomic E-state index is 0.0516. The minimum atomic E-state index is -0.491. The average Bonchev–Trinajstić information content (AvgIpc) is 2.62. The standard InChI is InChI=1S/C19H20ClFN2O3/c1-25-18-5-2-13(10-15(18)21)11-19(24)22-16-12-14(20)3-4-17(16)23-6-8-26-9-7-23/h2-5,10,12H,6-9,11H2,1H3,(H,22,24). The number of hydrogen-bond donors (Lipinski definition) is 1. The number of carbonyl (C=O) groups excluding carboxylic acids is 1. The lowest BCUT2D eigenvalue weighted by atomic mass is 10.1. The molecule has 0 unspecified atom stereocenters. The number of nitrogens with one attached hydrogen (secondary N) is 1. The van der Waals surface area contributed by atoms with Crippen LogP contribution in [0, 0.1) is 5.82 Å². The van der Waals surface area contributed by atoms with Crippen LogP contribution in [0.1, 0.15) is 5.56 Å². The molecule has 0 bridgehead atoms. The summed E-state index contributed by atoms with van der Waals surface area (Å²) in [6, 6.07) is 9.88. The van der Waals surface area contributed by atoms with Gasteiger partial charge in [0.1, 0.15) is 0 Å². The highest BCUT2D eigenvalue weighted by molar-refractivity contribution is 6.31. The predicted octanol–water partition coefficient (Wildman–Crippen LogP) is 3.51. The van der Waals surface area contributed by atoms with Gasteiger partial charge in [-0.05, 0) is 35.9 Å². The van der Waals surface area contributed by atoms with Crippen molar-refractivity contribution in [3.8, 4) is 5.75 Å². The predicted molar refractivity (Wildman–Crippen MR) is 99.8 cm³/mol. The Kier molecular flexibility index (Phi) is 5.96. The van der Waals surface area contributed by atoms with E-state index in [0.717, 1.165) is 18.8 Å². The van der Waals surface area contributed by atoms with Crippen molar-refractivity contribution in [1.29, 1.82) is 0 Å². The van der Waals surface area contributed by atoms with Gasteiger partial charge in [-0.15, -0.1) is 0 Å². The molecule has 1 aliphatic heterocycles. The molecule has 1 fully saturated rings.